The van der Waals surface area contributed by atoms with Crippen LogP contribution in [0.5, 0.6) is 0 Å². The minimum atomic E-state index is -4.29. The predicted molar refractivity (Wildman–Crippen MR) is 40.4 cm³/mol. The van der Waals surface area contributed by atoms with E-state index in [0.29, 0.717) is 0 Å². The van der Waals surface area contributed by atoms with Crippen LogP contribution in [0.15, 0.2) is 0 Å². The maximum absolute atomic E-state index is 12.7. The second-order valence-corrected chi connectivity index (χ2v) is 3.12. The number of nitrogens with one attached hydrogen (secondary N) is 1. The van der Waals surface area contributed by atoms with Gasteiger partial charge in [0.15, 0.2) is 0 Å². The maximum atomic E-state index is 12.7. The molecule has 1 aromatic heterocycles. The molecule has 0 radical (unpaired) electrons. The molecule has 0 bridgehead atoms. The van der Waals surface area contributed by atoms with Crippen molar-refractivity contribution in [3.05, 3.63) is 11.6 Å². The number of aromatic amines is 1. The molecule has 1 heterocycles. The van der Waals surface area contributed by atoms with E-state index in [9.17, 15) is 17.6 Å². The van der Waals surface area contributed by atoms with Crippen LogP contribution in [0.1, 0.15) is 31.4 Å². The Labute approximate surface area is 77.5 Å². The van der Waals surface area contributed by atoms with Gasteiger partial charge in [0.25, 0.3) is 0 Å². The first-order valence-corrected chi connectivity index (χ1v) is 3.94. The standard InChI is InChI=1S/C7H9F4N3/c1-3(2)4-12-6(14-13-4)7(10,11)5(8)9/h3,5H,1-2H3,(H,12,13,14). The lowest BCUT2D eigenvalue weighted by atomic mass is 10.2. The number of hydrogen-bond donors (Lipinski definition) is 1. The van der Waals surface area contributed by atoms with Gasteiger partial charge in [-0.05, 0) is 0 Å². The van der Waals surface area contributed by atoms with Gasteiger partial charge in [-0.15, -0.1) is 0 Å². The molecule has 0 spiro atoms. The number of rotatable bonds is 3. The van der Waals surface area contributed by atoms with E-state index in [0.717, 1.165) is 0 Å². The Morgan fingerprint density at radius 1 is 1.29 bits per heavy atom. The van der Waals surface area contributed by atoms with Crippen molar-refractivity contribution < 1.29 is 17.6 Å². The van der Waals surface area contributed by atoms with Crippen LogP contribution < -0.4 is 0 Å². The molecule has 7 heteroatoms. The molecular weight excluding hydrogens is 202 g/mol. The number of nitrogens with zero attached hydrogens (tertiary/aromatic N) is 2. The van der Waals surface area contributed by atoms with Gasteiger partial charge in [0.1, 0.15) is 5.82 Å². The fourth-order valence-corrected chi connectivity index (χ4v) is 0.779. The first kappa shape index (κ1) is 10.9. The third-order valence-corrected chi connectivity index (χ3v) is 1.62. The molecule has 0 amide bonds. The van der Waals surface area contributed by atoms with E-state index >= 15 is 0 Å². The Kier molecular flexibility index (Phi) is 2.77. The van der Waals surface area contributed by atoms with Gasteiger partial charge in [0.2, 0.25) is 5.82 Å². The molecule has 1 N–H and O–H groups in total. The highest BCUT2D eigenvalue weighted by Gasteiger charge is 2.46. The van der Waals surface area contributed by atoms with Gasteiger partial charge < -0.3 is 0 Å². The van der Waals surface area contributed by atoms with Gasteiger partial charge in [-0.25, -0.2) is 13.8 Å². The van der Waals surface area contributed by atoms with Crippen LogP contribution in [-0.4, -0.2) is 21.6 Å². The highest BCUT2D eigenvalue weighted by Crippen LogP contribution is 2.32. The summed E-state index contributed by atoms with van der Waals surface area (Å²) in [5.41, 5.74) is 0. The molecule has 1 rings (SSSR count). The average Bonchev–Trinajstić information content (AvgIpc) is 2.51. The van der Waals surface area contributed by atoms with Crippen molar-refractivity contribution in [2.24, 2.45) is 0 Å². The van der Waals surface area contributed by atoms with E-state index in [1.165, 1.54) is 0 Å². The van der Waals surface area contributed by atoms with Crippen molar-refractivity contribution >= 4 is 0 Å². The Bertz CT molecular complexity index is 308. The van der Waals surface area contributed by atoms with Crippen LogP contribution in [0.4, 0.5) is 17.6 Å². The fraction of sp³-hybridized carbons (Fsp3) is 0.714. The lowest BCUT2D eigenvalue weighted by Crippen LogP contribution is -2.25. The summed E-state index contributed by atoms with van der Waals surface area (Å²) < 4.78 is 49.1. The summed E-state index contributed by atoms with van der Waals surface area (Å²) in [7, 11) is 0. The summed E-state index contributed by atoms with van der Waals surface area (Å²) in [6.07, 6.45) is -3.79. The quantitative estimate of drug-likeness (QED) is 0.779. The van der Waals surface area contributed by atoms with Crippen LogP contribution in [0.3, 0.4) is 0 Å². The number of hydrogen-bond acceptors (Lipinski definition) is 2. The van der Waals surface area contributed by atoms with Crippen LogP contribution in [0.25, 0.3) is 0 Å². The number of aromatic nitrogens is 3. The first-order valence-electron chi connectivity index (χ1n) is 3.94. The zero-order chi connectivity index (χ0) is 10.9. The summed E-state index contributed by atoms with van der Waals surface area (Å²) in [6, 6.07) is 0. The molecule has 0 aliphatic carbocycles. The molecule has 1 aromatic rings. The van der Waals surface area contributed by atoms with Gasteiger partial charge in [0, 0.05) is 5.92 Å². The highest BCUT2D eigenvalue weighted by atomic mass is 19.3. The van der Waals surface area contributed by atoms with Crippen molar-refractivity contribution in [1.29, 1.82) is 0 Å². The second-order valence-electron chi connectivity index (χ2n) is 3.12. The molecule has 0 fully saturated rings. The summed E-state index contributed by atoms with van der Waals surface area (Å²) >= 11 is 0. The van der Waals surface area contributed by atoms with Crippen LogP contribution >= 0.6 is 0 Å². The molecule has 0 unspecified atom stereocenters. The third kappa shape index (κ3) is 1.85. The fourth-order valence-electron chi connectivity index (χ4n) is 0.779. The smallest absolute Gasteiger partial charge is 0.263 e. The topological polar surface area (TPSA) is 41.6 Å². The maximum Gasteiger partial charge on any atom is 0.367 e. The van der Waals surface area contributed by atoms with E-state index in [1.54, 1.807) is 13.8 Å². The summed E-state index contributed by atoms with van der Waals surface area (Å²) in [4.78, 5) is 3.31. The Hall–Kier alpha value is -1.14. The Morgan fingerprint density at radius 3 is 2.21 bits per heavy atom. The van der Waals surface area contributed by atoms with Crippen LogP contribution in [-0.2, 0) is 5.92 Å². The number of alkyl halides is 4. The molecule has 0 saturated heterocycles. The van der Waals surface area contributed by atoms with E-state index in [4.69, 9.17) is 0 Å². The second kappa shape index (κ2) is 3.55. The first-order chi connectivity index (χ1) is 6.35. The third-order valence-electron chi connectivity index (χ3n) is 1.62. The molecule has 0 aliphatic rings. The van der Waals surface area contributed by atoms with Gasteiger partial charge in [-0.1, -0.05) is 13.8 Å². The summed E-state index contributed by atoms with van der Waals surface area (Å²) in [6.45, 7) is 3.37. The van der Waals surface area contributed by atoms with E-state index < -0.39 is 18.2 Å². The normalized spacial score (nSPS) is 12.9. The molecular formula is C7H9F4N3. The highest BCUT2D eigenvalue weighted by molar-refractivity contribution is 5.01. The van der Waals surface area contributed by atoms with Gasteiger partial charge in [0.05, 0.1) is 0 Å². The van der Waals surface area contributed by atoms with Gasteiger partial charge in [-0.3, -0.25) is 5.10 Å². The molecule has 0 aromatic carbocycles. The minimum Gasteiger partial charge on any atom is -0.263 e. The summed E-state index contributed by atoms with van der Waals surface area (Å²) in [5, 5.41) is 5.26. The monoisotopic (exact) mass is 211 g/mol. The molecule has 0 atom stereocenters. The molecule has 0 aliphatic heterocycles. The lowest BCUT2D eigenvalue weighted by Gasteiger charge is -2.09. The predicted octanol–water partition coefficient (Wildman–Crippen LogP) is 2.28. The van der Waals surface area contributed by atoms with Gasteiger partial charge >= 0.3 is 12.3 Å². The molecule has 3 nitrogen and oxygen atoms in total. The summed E-state index contributed by atoms with van der Waals surface area (Å²) in [5.74, 6) is -5.44. The van der Waals surface area contributed by atoms with Crippen molar-refractivity contribution in [3.8, 4) is 0 Å². The van der Waals surface area contributed by atoms with Crippen molar-refractivity contribution in [3.63, 3.8) is 0 Å². The Morgan fingerprint density at radius 2 is 1.86 bits per heavy atom. The van der Waals surface area contributed by atoms with Crippen LogP contribution in [0.2, 0.25) is 0 Å². The molecule has 14 heavy (non-hydrogen) atoms. The zero-order valence-electron chi connectivity index (χ0n) is 7.56. The van der Waals surface area contributed by atoms with Crippen LogP contribution in [0, 0.1) is 0 Å². The Balaban J connectivity index is 2.97. The van der Waals surface area contributed by atoms with E-state index in [-0.39, 0.29) is 11.7 Å². The van der Waals surface area contributed by atoms with Crippen molar-refractivity contribution in [2.75, 3.05) is 0 Å². The van der Waals surface area contributed by atoms with E-state index in [2.05, 4.69) is 15.2 Å². The zero-order valence-corrected chi connectivity index (χ0v) is 7.56. The average molecular weight is 211 g/mol. The van der Waals surface area contributed by atoms with E-state index in [1.807, 2.05) is 0 Å². The molecule has 0 saturated carbocycles. The molecule has 80 valence electrons. The lowest BCUT2D eigenvalue weighted by molar-refractivity contribution is -0.140. The number of halogens is 4. The van der Waals surface area contributed by atoms with Crippen molar-refractivity contribution in [2.45, 2.75) is 32.1 Å². The number of H-pyrrole nitrogens is 1. The van der Waals surface area contributed by atoms with Gasteiger partial charge in [-0.2, -0.15) is 13.9 Å². The largest absolute Gasteiger partial charge is 0.367 e. The minimum absolute atomic E-state index is 0.162. The van der Waals surface area contributed by atoms with Crippen molar-refractivity contribution in [1.82, 2.24) is 15.2 Å². The SMILES string of the molecule is CC(C)c1nc(C(F)(F)C(F)F)n[nH]1.